The highest BCUT2D eigenvalue weighted by Crippen LogP contribution is 2.36. The van der Waals surface area contributed by atoms with Crippen molar-refractivity contribution in [1.29, 1.82) is 0 Å². The molecule has 5 rings (SSSR count). The van der Waals surface area contributed by atoms with Crippen LogP contribution in [0.2, 0.25) is 0 Å². The van der Waals surface area contributed by atoms with Crippen LogP contribution in [0.4, 0.5) is 10.1 Å². The number of benzene rings is 4. The fraction of sp³-hybridized carbons (Fsp3) is 0.200. The van der Waals surface area contributed by atoms with Crippen LogP contribution >= 0.6 is 0 Å². The first-order valence-electron chi connectivity index (χ1n) is 14.1. The van der Waals surface area contributed by atoms with E-state index < -0.39 is 0 Å². The summed E-state index contributed by atoms with van der Waals surface area (Å²) >= 11 is 0. The second-order valence-corrected chi connectivity index (χ2v) is 10.1. The molecule has 0 bridgehead atoms. The maximum atomic E-state index is 14.4. The summed E-state index contributed by atoms with van der Waals surface area (Å²) in [5, 5.41) is 3.03. The fourth-order valence-corrected chi connectivity index (χ4v) is 4.65. The van der Waals surface area contributed by atoms with Gasteiger partial charge in [0.25, 0.3) is 11.8 Å². The lowest BCUT2D eigenvalue weighted by molar-refractivity contribution is -0.117. The molecule has 7 heteroatoms. The number of para-hydroxylation sites is 2. The standard InChI is InChI=1S/C35H33FN2O4/c1-3-4-21-41-29-19-17-26(18-20-29)24(2)37-34(39)27-15-13-25(14-16-27)22-33-35(40)38(23-28-9-5-6-10-30(28)36)31-11-7-8-12-32(31)42-33/h5-20,22,24H,3-4,21,23H2,1-2H3,(H,37,39). The molecule has 6 nitrogen and oxygen atoms in total. The number of hydrogen-bond acceptors (Lipinski definition) is 4. The quantitative estimate of drug-likeness (QED) is 0.160. The van der Waals surface area contributed by atoms with Crippen LogP contribution < -0.4 is 19.7 Å². The second kappa shape index (κ2) is 13.2. The van der Waals surface area contributed by atoms with Gasteiger partial charge in [0.2, 0.25) is 0 Å². The number of amides is 2. The molecule has 0 saturated heterocycles. The molecule has 0 aromatic heterocycles. The zero-order chi connectivity index (χ0) is 29.5. The first-order chi connectivity index (χ1) is 20.4. The smallest absolute Gasteiger partial charge is 0.294 e. The summed E-state index contributed by atoms with van der Waals surface area (Å²) in [6.45, 7) is 4.81. The molecule has 0 spiro atoms. The molecule has 1 atom stereocenters. The molecule has 42 heavy (non-hydrogen) atoms. The summed E-state index contributed by atoms with van der Waals surface area (Å²) in [5.74, 6) is 0.462. The minimum Gasteiger partial charge on any atom is -0.494 e. The number of nitrogens with one attached hydrogen (secondary N) is 1. The summed E-state index contributed by atoms with van der Waals surface area (Å²) in [5.41, 5.74) is 3.13. The molecule has 1 heterocycles. The van der Waals surface area contributed by atoms with E-state index in [2.05, 4.69) is 12.2 Å². The Morgan fingerprint density at radius 2 is 1.69 bits per heavy atom. The Hall–Kier alpha value is -4.91. The molecule has 1 unspecified atom stereocenters. The second-order valence-electron chi connectivity index (χ2n) is 10.1. The van der Waals surface area contributed by atoms with Crippen LogP contribution in [-0.2, 0) is 11.3 Å². The molecule has 0 radical (unpaired) electrons. The fourth-order valence-electron chi connectivity index (χ4n) is 4.65. The summed E-state index contributed by atoms with van der Waals surface area (Å²) in [6.07, 6.45) is 3.71. The van der Waals surface area contributed by atoms with E-state index in [1.807, 2.05) is 37.3 Å². The molecule has 1 aliphatic heterocycles. The predicted molar refractivity (Wildman–Crippen MR) is 162 cm³/mol. The number of carbonyl (C=O) groups is 2. The largest absolute Gasteiger partial charge is 0.494 e. The van der Waals surface area contributed by atoms with Crippen molar-refractivity contribution in [3.8, 4) is 11.5 Å². The van der Waals surface area contributed by atoms with E-state index in [1.165, 1.54) is 11.0 Å². The van der Waals surface area contributed by atoms with Crippen LogP contribution in [0.25, 0.3) is 6.08 Å². The van der Waals surface area contributed by atoms with E-state index in [0.29, 0.717) is 34.7 Å². The summed E-state index contributed by atoms with van der Waals surface area (Å²) in [6, 6.07) is 28.0. The number of hydrogen-bond donors (Lipinski definition) is 1. The average molecular weight is 565 g/mol. The molecule has 0 saturated carbocycles. The Labute approximate surface area is 245 Å². The molecule has 1 aliphatic rings. The lowest BCUT2D eigenvalue weighted by Crippen LogP contribution is -2.37. The van der Waals surface area contributed by atoms with Crippen molar-refractivity contribution in [3.05, 3.63) is 131 Å². The number of carbonyl (C=O) groups excluding carboxylic acids is 2. The number of unbranched alkanes of at least 4 members (excludes halogenated alkanes) is 1. The van der Waals surface area contributed by atoms with Gasteiger partial charge in [-0.1, -0.05) is 67.9 Å². The first-order valence-corrected chi connectivity index (χ1v) is 14.1. The number of fused-ring (bicyclic) bond motifs is 1. The van der Waals surface area contributed by atoms with Gasteiger partial charge in [-0.25, -0.2) is 4.39 Å². The third-order valence-electron chi connectivity index (χ3n) is 7.08. The molecule has 0 aliphatic carbocycles. The number of anilines is 1. The van der Waals surface area contributed by atoms with Gasteiger partial charge in [0.15, 0.2) is 11.5 Å². The normalized spacial score (nSPS) is 14.2. The molecular formula is C35H33FN2O4. The molecule has 4 aromatic carbocycles. The Kier molecular flexibility index (Phi) is 8.97. The van der Waals surface area contributed by atoms with Gasteiger partial charge in [-0.3, -0.25) is 14.5 Å². The lowest BCUT2D eigenvalue weighted by Gasteiger charge is -2.30. The van der Waals surface area contributed by atoms with E-state index in [1.54, 1.807) is 66.7 Å². The summed E-state index contributed by atoms with van der Waals surface area (Å²) < 4.78 is 26.1. The molecule has 1 N–H and O–H groups in total. The van der Waals surface area contributed by atoms with Crippen molar-refractivity contribution >= 4 is 23.6 Å². The third-order valence-corrected chi connectivity index (χ3v) is 7.08. The zero-order valence-electron chi connectivity index (χ0n) is 23.7. The Morgan fingerprint density at radius 1 is 0.976 bits per heavy atom. The van der Waals surface area contributed by atoms with Gasteiger partial charge in [-0.15, -0.1) is 0 Å². The van der Waals surface area contributed by atoms with Crippen LogP contribution in [0.15, 0.2) is 103 Å². The van der Waals surface area contributed by atoms with E-state index in [-0.39, 0.29) is 36.0 Å². The van der Waals surface area contributed by atoms with E-state index in [0.717, 1.165) is 24.2 Å². The Morgan fingerprint density at radius 3 is 2.43 bits per heavy atom. The maximum absolute atomic E-state index is 14.4. The van der Waals surface area contributed by atoms with Crippen molar-refractivity contribution in [3.63, 3.8) is 0 Å². The van der Waals surface area contributed by atoms with Crippen molar-refractivity contribution in [2.75, 3.05) is 11.5 Å². The van der Waals surface area contributed by atoms with Crippen molar-refractivity contribution in [1.82, 2.24) is 5.32 Å². The van der Waals surface area contributed by atoms with Gasteiger partial charge in [-0.2, -0.15) is 0 Å². The van der Waals surface area contributed by atoms with Crippen molar-refractivity contribution in [2.45, 2.75) is 39.3 Å². The molecule has 0 fully saturated rings. The summed E-state index contributed by atoms with van der Waals surface area (Å²) in [7, 11) is 0. The SMILES string of the molecule is CCCCOc1ccc(C(C)NC(=O)c2ccc(C=C3Oc4ccccc4N(Cc4ccccc4F)C3=O)cc2)cc1. The van der Waals surface area contributed by atoms with Crippen molar-refractivity contribution in [2.24, 2.45) is 0 Å². The lowest BCUT2D eigenvalue weighted by atomic mass is 10.1. The number of halogens is 1. The van der Waals surface area contributed by atoms with E-state index in [9.17, 15) is 14.0 Å². The van der Waals surface area contributed by atoms with Gasteiger partial charge in [-0.05, 0) is 73.0 Å². The zero-order valence-corrected chi connectivity index (χ0v) is 23.7. The molecular weight excluding hydrogens is 531 g/mol. The van der Waals surface area contributed by atoms with Crippen LogP contribution in [0.1, 0.15) is 59.8 Å². The number of rotatable bonds is 10. The minimum absolute atomic E-state index is 0.0646. The van der Waals surface area contributed by atoms with Crippen LogP contribution in [0.5, 0.6) is 11.5 Å². The van der Waals surface area contributed by atoms with Crippen molar-refractivity contribution < 1.29 is 23.5 Å². The highest BCUT2D eigenvalue weighted by molar-refractivity contribution is 6.09. The molecule has 4 aromatic rings. The predicted octanol–water partition coefficient (Wildman–Crippen LogP) is 7.46. The first kappa shape index (κ1) is 28.6. The molecule has 214 valence electrons. The number of ether oxygens (including phenoxy) is 2. The highest BCUT2D eigenvalue weighted by Gasteiger charge is 2.30. The highest BCUT2D eigenvalue weighted by atomic mass is 19.1. The van der Waals surface area contributed by atoms with Crippen LogP contribution in [-0.4, -0.2) is 18.4 Å². The van der Waals surface area contributed by atoms with Gasteiger partial charge < -0.3 is 14.8 Å². The van der Waals surface area contributed by atoms with Crippen LogP contribution in [0, 0.1) is 5.82 Å². The monoisotopic (exact) mass is 564 g/mol. The molecule has 2 amide bonds. The Bertz CT molecular complexity index is 1580. The summed E-state index contributed by atoms with van der Waals surface area (Å²) in [4.78, 5) is 27.9. The Balaban J connectivity index is 1.27. The van der Waals surface area contributed by atoms with E-state index in [4.69, 9.17) is 9.47 Å². The van der Waals surface area contributed by atoms with Gasteiger partial charge >= 0.3 is 0 Å². The van der Waals surface area contributed by atoms with E-state index >= 15 is 0 Å². The topological polar surface area (TPSA) is 67.9 Å². The number of nitrogens with zero attached hydrogens (tertiary/aromatic N) is 1. The average Bonchev–Trinajstić information content (AvgIpc) is 3.01. The minimum atomic E-state index is -0.380. The third kappa shape index (κ3) is 6.69. The van der Waals surface area contributed by atoms with Gasteiger partial charge in [0, 0.05) is 11.1 Å². The maximum Gasteiger partial charge on any atom is 0.294 e. The van der Waals surface area contributed by atoms with Gasteiger partial charge in [0.05, 0.1) is 24.9 Å². The van der Waals surface area contributed by atoms with Crippen LogP contribution in [0.3, 0.4) is 0 Å². The van der Waals surface area contributed by atoms with Gasteiger partial charge in [0.1, 0.15) is 11.6 Å².